The van der Waals surface area contributed by atoms with Crippen molar-refractivity contribution >= 4 is 43.2 Å². The largest absolute Gasteiger partial charge is 0.337 e. The molecule has 0 saturated carbocycles. The zero-order chi connectivity index (χ0) is 14.2. The normalized spacial score (nSPS) is 11.6. The highest BCUT2D eigenvalue weighted by Gasteiger charge is 2.18. The lowest BCUT2D eigenvalue weighted by Gasteiger charge is -2.06. The van der Waals surface area contributed by atoms with Crippen molar-refractivity contribution in [2.75, 3.05) is 4.72 Å². The van der Waals surface area contributed by atoms with Gasteiger partial charge in [-0.3, -0.25) is 4.72 Å². The van der Waals surface area contributed by atoms with E-state index in [1.807, 2.05) is 0 Å². The molecule has 0 atom stereocenters. The van der Waals surface area contributed by atoms with Gasteiger partial charge in [0, 0.05) is 17.7 Å². The van der Waals surface area contributed by atoms with Crippen molar-refractivity contribution in [3.8, 4) is 0 Å². The van der Waals surface area contributed by atoms with Gasteiger partial charge in [-0.1, -0.05) is 11.6 Å². The van der Waals surface area contributed by atoms with Gasteiger partial charge in [0.05, 0.1) is 10.7 Å². The van der Waals surface area contributed by atoms with Crippen molar-refractivity contribution < 1.29 is 8.42 Å². The summed E-state index contributed by atoms with van der Waals surface area (Å²) in [5, 5.41) is 0.496. The first kappa shape index (κ1) is 14.4. The van der Waals surface area contributed by atoms with E-state index in [1.165, 1.54) is 6.20 Å². The van der Waals surface area contributed by atoms with Crippen LogP contribution in [0.5, 0.6) is 0 Å². The Balaban J connectivity index is 2.33. The van der Waals surface area contributed by atoms with Crippen LogP contribution in [-0.4, -0.2) is 18.0 Å². The Bertz CT molecular complexity index is 708. The summed E-state index contributed by atoms with van der Waals surface area (Å²) in [6, 6.07) is 4.78. The number of nitrogens with zero attached hydrogens (tertiary/aromatic N) is 2. The van der Waals surface area contributed by atoms with Crippen LogP contribution in [0.3, 0.4) is 0 Å². The van der Waals surface area contributed by atoms with Crippen molar-refractivity contribution in [1.29, 1.82) is 0 Å². The Labute approximate surface area is 124 Å². The SMILES string of the molecule is Cc1nc(S(=O)(=O)Nc2ccc(Cl)c(Br)c2)cn1C. The van der Waals surface area contributed by atoms with E-state index in [0.29, 0.717) is 21.0 Å². The van der Waals surface area contributed by atoms with E-state index in [0.717, 1.165) is 0 Å². The molecule has 0 aliphatic carbocycles. The van der Waals surface area contributed by atoms with Crippen LogP contribution in [0.25, 0.3) is 0 Å². The third-order valence-electron chi connectivity index (χ3n) is 2.53. The fourth-order valence-corrected chi connectivity index (χ4v) is 3.01. The lowest BCUT2D eigenvalue weighted by atomic mass is 10.3. The van der Waals surface area contributed by atoms with Gasteiger partial charge in [0.2, 0.25) is 0 Å². The molecule has 0 spiro atoms. The number of rotatable bonds is 3. The summed E-state index contributed by atoms with van der Waals surface area (Å²) in [6.45, 7) is 1.73. The summed E-state index contributed by atoms with van der Waals surface area (Å²) in [7, 11) is -1.95. The molecule has 1 heterocycles. The molecule has 0 aliphatic heterocycles. The predicted molar refractivity (Wildman–Crippen MR) is 77.9 cm³/mol. The zero-order valence-electron chi connectivity index (χ0n) is 10.2. The second-order valence-electron chi connectivity index (χ2n) is 3.97. The second-order valence-corrected chi connectivity index (χ2v) is 6.86. The second kappa shape index (κ2) is 5.15. The summed E-state index contributed by atoms with van der Waals surface area (Å²) in [5.74, 6) is 0.623. The Kier molecular flexibility index (Phi) is 3.89. The molecule has 19 heavy (non-hydrogen) atoms. The lowest BCUT2D eigenvalue weighted by molar-refractivity contribution is 0.598. The summed E-state index contributed by atoms with van der Waals surface area (Å²) in [4.78, 5) is 3.99. The van der Waals surface area contributed by atoms with Crippen molar-refractivity contribution in [3.05, 3.63) is 39.7 Å². The van der Waals surface area contributed by atoms with E-state index in [2.05, 4.69) is 25.6 Å². The molecule has 2 rings (SSSR count). The molecule has 1 aromatic heterocycles. The molecule has 1 N–H and O–H groups in total. The Hall–Kier alpha value is -1.05. The highest BCUT2D eigenvalue weighted by Crippen LogP contribution is 2.26. The minimum absolute atomic E-state index is 0.0152. The smallest absolute Gasteiger partial charge is 0.280 e. The van der Waals surface area contributed by atoms with Crippen LogP contribution in [-0.2, 0) is 17.1 Å². The summed E-state index contributed by atoms with van der Waals surface area (Å²) in [6.07, 6.45) is 1.46. The van der Waals surface area contributed by atoms with Crippen LogP contribution in [0.4, 0.5) is 5.69 Å². The van der Waals surface area contributed by atoms with Crippen LogP contribution in [0.1, 0.15) is 5.82 Å². The molecule has 8 heteroatoms. The molecule has 102 valence electrons. The Morgan fingerprint density at radius 3 is 2.63 bits per heavy atom. The van der Waals surface area contributed by atoms with Gasteiger partial charge in [-0.2, -0.15) is 8.42 Å². The molecule has 0 saturated heterocycles. The zero-order valence-corrected chi connectivity index (χ0v) is 13.3. The van der Waals surface area contributed by atoms with Gasteiger partial charge in [-0.05, 0) is 41.1 Å². The number of hydrogen-bond acceptors (Lipinski definition) is 3. The number of hydrogen-bond donors (Lipinski definition) is 1. The molecule has 5 nitrogen and oxygen atoms in total. The first-order chi connectivity index (χ1) is 8.79. The third-order valence-corrected chi connectivity index (χ3v) is 5.00. The van der Waals surface area contributed by atoms with Gasteiger partial charge in [0.1, 0.15) is 5.82 Å². The van der Waals surface area contributed by atoms with Crippen molar-refractivity contribution in [2.24, 2.45) is 7.05 Å². The highest BCUT2D eigenvalue weighted by molar-refractivity contribution is 9.10. The van der Waals surface area contributed by atoms with E-state index in [1.54, 1.807) is 36.7 Å². The van der Waals surface area contributed by atoms with E-state index < -0.39 is 10.0 Å². The van der Waals surface area contributed by atoms with E-state index in [4.69, 9.17) is 11.6 Å². The molecule has 0 bridgehead atoms. The molecule has 0 fully saturated rings. The maximum Gasteiger partial charge on any atom is 0.280 e. The minimum atomic E-state index is -3.69. The summed E-state index contributed by atoms with van der Waals surface area (Å²) in [5.41, 5.74) is 0.416. The first-order valence-electron chi connectivity index (χ1n) is 5.27. The van der Waals surface area contributed by atoms with E-state index in [9.17, 15) is 8.42 Å². The summed E-state index contributed by atoms with van der Waals surface area (Å²) >= 11 is 9.09. The maximum atomic E-state index is 12.1. The van der Waals surface area contributed by atoms with Crippen molar-refractivity contribution in [1.82, 2.24) is 9.55 Å². The number of nitrogens with one attached hydrogen (secondary N) is 1. The van der Waals surface area contributed by atoms with Gasteiger partial charge in [0.25, 0.3) is 10.0 Å². The van der Waals surface area contributed by atoms with E-state index in [-0.39, 0.29) is 5.03 Å². The molecule has 0 unspecified atom stereocenters. The minimum Gasteiger partial charge on any atom is -0.337 e. The molecular weight excluding hydrogens is 354 g/mol. The summed E-state index contributed by atoms with van der Waals surface area (Å²) < 4.78 is 29.0. The molecule has 0 amide bonds. The van der Waals surface area contributed by atoms with Crippen LogP contribution in [0.15, 0.2) is 33.9 Å². The van der Waals surface area contributed by atoms with Crippen LogP contribution >= 0.6 is 27.5 Å². The molecule has 0 aliphatic rings. The quantitative estimate of drug-likeness (QED) is 0.910. The van der Waals surface area contributed by atoms with Gasteiger partial charge < -0.3 is 4.57 Å². The fourth-order valence-electron chi connectivity index (χ4n) is 1.42. The Morgan fingerprint density at radius 2 is 2.11 bits per heavy atom. The number of imidazole rings is 1. The van der Waals surface area contributed by atoms with Crippen LogP contribution in [0.2, 0.25) is 5.02 Å². The number of halogens is 2. The molecule has 0 radical (unpaired) electrons. The Morgan fingerprint density at radius 1 is 1.42 bits per heavy atom. The monoisotopic (exact) mass is 363 g/mol. The first-order valence-corrected chi connectivity index (χ1v) is 7.93. The van der Waals surface area contributed by atoms with E-state index >= 15 is 0 Å². The van der Waals surface area contributed by atoms with Gasteiger partial charge in [0.15, 0.2) is 5.03 Å². The lowest BCUT2D eigenvalue weighted by Crippen LogP contribution is -2.13. The highest BCUT2D eigenvalue weighted by atomic mass is 79.9. The van der Waals surface area contributed by atoms with Crippen molar-refractivity contribution in [3.63, 3.8) is 0 Å². The maximum absolute atomic E-state index is 12.1. The predicted octanol–water partition coefficient (Wildman–Crippen LogP) is 2.95. The fraction of sp³-hybridized carbons (Fsp3) is 0.182. The topological polar surface area (TPSA) is 64.0 Å². The molecule has 2 aromatic rings. The van der Waals surface area contributed by atoms with Gasteiger partial charge in [-0.15, -0.1) is 0 Å². The number of anilines is 1. The number of aryl methyl sites for hydroxylation is 2. The van der Waals surface area contributed by atoms with Gasteiger partial charge in [-0.25, -0.2) is 4.98 Å². The number of aromatic nitrogens is 2. The van der Waals surface area contributed by atoms with Crippen molar-refractivity contribution in [2.45, 2.75) is 11.9 Å². The van der Waals surface area contributed by atoms with Crippen LogP contribution < -0.4 is 4.72 Å². The molecule has 1 aromatic carbocycles. The van der Waals surface area contributed by atoms with Crippen LogP contribution in [0, 0.1) is 6.92 Å². The number of benzene rings is 1. The average Bonchev–Trinajstić information content (AvgIpc) is 2.65. The average molecular weight is 365 g/mol. The third kappa shape index (κ3) is 3.10. The standard InChI is InChI=1S/C11H11BrClN3O2S/c1-7-14-11(6-16(7)2)19(17,18)15-8-3-4-10(13)9(12)5-8/h3-6,15H,1-2H3. The molecular formula is C11H11BrClN3O2S. The number of sulfonamides is 1. The van der Waals surface area contributed by atoms with Gasteiger partial charge >= 0.3 is 0 Å².